The topological polar surface area (TPSA) is 17.1 Å². The Balaban J connectivity index is 0.00000112. The van der Waals surface area contributed by atoms with E-state index < -0.39 is 0 Å². The Morgan fingerprint density at radius 3 is 2.40 bits per heavy atom. The molecule has 0 spiro atoms. The molecule has 0 saturated heterocycles. The number of carbonyl (C=O) groups excluding carboxylic acids is 1. The molecule has 2 heteroatoms. The standard InChI is InChI=1S/C13H15O.Rh/c1-10-8-13(2,9-12(10)14)11-6-4-3-5-7-11;/h3-7,10H,1,8-9H2,2H3;/q-1;/t10?,13-;/m0./s1. The Hall–Kier alpha value is -0.487. The summed E-state index contributed by atoms with van der Waals surface area (Å²) in [7, 11) is 0. The number of hydrogen-bond donors (Lipinski definition) is 0. The summed E-state index contributed by atoms with van der Waals surface area (Å²) in [6.07, 6.45) is 1.53. The van der Waals surface area contributed by atoms with E-state index >= 15 is 0 Å². The van der Waals surface area contributed by atoms with Crippen LogP contribution in [0.5, 0.6) is 0 Å². The van der Waals surface area contributed by atoms with Crippen LogP contribution in [0.2, 0.25) is 0 Å². The van der Waals surface area contributed by atoms with Crippen LogP contribution in [-0.4, -0.2) is 5.78 Å². The minimum Gasteiger partial charge on any atom is -0.333 e. The van der Waals surface area contributed by atoms with Crippen LogP contribution in [0.25, 0.3) is 0 Å². The molecule has 2 rings (SSSR count). The SMILES string of the molecule is [CH2-]C1C[C@](C)(c2ccccc2)CC1=O.[Rh]. The Bertz CT molecular complexity index is 347. The minimum atomic E-state index is -0.0137. The maximum absolute atomic E-state index is 11.5. The van der Waals surface area contributed by atoms with E-state index in [-0.39, 0.29) is 30.8 Å². The molecular formula is C13H15ORh-. The van der Waals surface area contributed by atoms with Gasteiger partial charge in [0.1, 0.15) is 5.78 Å². The second-order valence-electron chi connectivity index (χ2n) is 4.47. The number of carbonyl (C=O) groups is 1. The van der Waals surface area contributed by atoms with E-state index in [9.17, 15) is 4.79 Å². The molecule has 0 heterocycles. The first-order valence-corrected chi connectivity index (χ1v) is 5.03. The summed E-state index contributed by atoms with van der Waals surface area (Å²) < 4.78 is 0. The van der Waals surface area contributed by atoms with Crippen LogP contribution in [0, 0.1) is 12.8 Å². The van der Waals surface area contributed by atoms with E-state index in [1.54, 1.807) is 0 Å². The zero-order valence-corrected chi connectivity index (χ0v) is 10.5. The van der Waals surface area contributed by atoms with Gasteiger partial charge in [-0.15, -0.1) is 5.92 Å². The van der Waals surface area contributed by atoms with Crippen molar-refractivity contribution in [1.82, 2.24) is 0 Å². The number of hydrogen-bond acceptors (Lipinski definition) is 1. The molecule has 15 heavy (non-hydrogen) atoms. The normalized spacial score (nSPS) is 30.0. The van der Waals surface area contributed by atoms with E-state index in [0.29, 0.717) is 12.2 Å². The van der Waals surface area contributed by atoms with Crippen molar-refractivity contribution >= 4 is 5.78 Å². The molecule has 0 aromatic heterocycles. The quantitative estimate of drug-likeness (QED) is 0.574. The average molecular weight is 290 g/mol. The van der Waals surface area contributed by atoms with Gasteiger partial charge in [-0.2, -0.15) is 0 Å². The van der Waals surface area contributed by atoms with Gasteiger partial charge in [0.25, 0.3) is 0 Å². The van der Waals surface area contributed by atoms with Crippen molar-refractivity contribution in [3.05, 3.63) is 42.8 Å². The van der Waals surface area contributed by atoms with Gasteiger partial charge in [0, 0.05) is 25.9 Å². The van der Waals surface area contributed by atoms with Gasteiger partial charge >= 0.3 is 0 Å². The van der Waals surface area contributed by atoms with Gasteiger partial charge in [0.15, 0.2) is 0 Å². The fourth-order valence-electron chi connectivity index (χ4n) is 2.32. The van der Waals surface area contributed by atoms with Crippen molar-refractivity contribution in [3.63, 3.8) is 0 Å². The van der Waals surface area contributed by atoms with Crippen LogP contribution in [0.3, 0.4) is 0 Å². The first kappa shape index (κ1) is 12.6. The summed E-state index contributed by atoms with van der Waals surface area (Å²) in [5.41, 5.74) is 1.28. The monoisotopic (exact) mass is 290 g/mol. The van der Waals surface area contributed by atoms with Crippen molar-refractivity contribution in [3.8, 4) is 0 Å². The van der Waals surface area contributed by atoms with Gasteiger partial charge in [-0.1, -0.05) is 43.7 Å². The van der Waals surface area contributed by atoms with Crippen LogP contribution in [-0.2, 0) is 29.7 Å². The summed E-state index contributed by atoms with van der Waals surface area (Å²) in [6, 6.07) is 10.3. The van der Waals surface area contributed by atoms with Crippen LogP contribution in [0.1, 0.15) is 25.3 Å². The molecule has 0 N–H and O–H groups in total. The number of benzene rings is 1. The second-order valence-corrected chi connectivity index (χ2v) is 4.47. The maximum atomic E-state index is 11.5. The average Bonchev–Trinajstić information content (AvgIpc) is 2.44. The van der Waals surface area contributed by atoms with Gasteiger partial charge in [-0.3, -0.25) is 0 Å². The predicted octanol–water partition coefficient (Wildman–Crippen LogP) is 2.75. The molecule has 1 aliphatic rings. The van der Waals surface area contributed by atoms with Gasteiger partial charge in [-0.05, 0) is 11.0 Å². The smallest absolute Gasteiger partial charge is 0.107 e. The Morgan fingerprint density at radius 2 is 1.93 bits per heavy atom. The van der Waals surface area contributed by atoms with Crippen molar-refractivity contribution in [2.24, 2.45) is 5.92 Å². The zero-order valence-electron chi connectivity index (χ0n) is 8.83. The van der Waals surface area contributed by atoms with Crippen LogP contribution < -0.4 is 0 Å². The Morgan fingerprint density at radius 1 is 1.33 bits per heavy atom. The zero-order chi connectivity index (χ0) is 10.2. The van der Waals surface area contributed by atoms with E-state index in [1.807, 2.05) is 18.2 Å². The summed E-state index contributed by atoms with van der Waals surface area (Å²) in [5.74, 6) is 0.288. The minimum absolute atomic E-state index is 0. The maximum Gasteiger partial charge on any atom is 0.107 e. The van der Waals surface area contributed by atoms with Gasteiger partial charge in [0.2, 0.25) is 0 Å². The number of ketones is 1. The van der Waals surface area contributed by atoms with Gasteiger partial charge in [-0.25, -0.2) is 0 Å². The summed E-state index contributed by atoms with van der Waals surface area (Å²) in [4.78, 5) is 11.5. The van der Waals surface area contributed by atoms with Gasteiger partial charge in [0.05, 0.1) is 0 Å². The van der Waals surface area contributed by atoms with E-state index in [2.05, 4.69) is 26.0 Å². The Kier molecular flexibility index (Phi) is 3.83. The van der Waals surface area contributed by atoms with E-state index in [0.717, 1.165) is 6.42 Å². The third-order valence-corrected chi connectivity index (χ3v) is 3.19. The first-order valence-electron chi connectivity index (χ1n) is 5.03. The molecule has 1 unspecified atom stereocenters. The fourth-order valence-corrected chi connectivity index (χ4v) is 2.32. The molecule has 1 nitrogen and oxygen atoms in total. The molecular weight excluding hydrogens is 275 g/mol. The molecule has 0 aliphatic heterocycles. The van der Waals surface area contributed by atoms with E-state index in [4.69, 9.17) is 0 Å². The second kappa shape index (κ2) is 4.57. The van der Waals surface area contributed by atoms with Crippen molar-refractivity contribution < 1.29 is 24.3 Å². The fraction of sp³-hybridized carbons (Fsp3) is 0.385. The molecule has 83 valence electrons. The number of rotatable bonds is 1. The molecule has 1 radical (unpaired) electrons. The molecule has 1 aliphatic carbocycles. The first-order chi connectivity index (χ1) is 6.62. The molecule has 1 fully saturated rings. The molecule has 1 saturated carbocycles. The Labute approximate surface area is 104 Å². The van der Waals surface area contributed by atoms with E-state index in [1.165, 1.54) is 5.56 Å². The van der Waals surface area contributed by atoms with Crippen LogP contribution in [0.4, 0.5) is 0 Å². The third kappa shape index (κ3) is 2.37. The summed E-state index contributed by atoms with van der Waals surface area (Å²) >= 11 is 0. The van der Waals surface area contributed by atoms with Crippen molar-refractivity contribution in [1.29, 1.82) is 0 Å². The predicted molar refractivity (Wildman–Crippen MR) is 56.9 cm³/mol. The molecule has 1 aromatic carbocycles. The summed E-state index contributed by atoms with van der Waals surface area (Å²) in [5, 5.41) is 0. The van der Waals surface area contributed by atoms with Gasteiger partial charge < -0.3 is 11.7 Å². The summed E-state index contributed by atoms with van der Waals surface area (Å²) in [6.45, 7) is 6.05. The van der Waals surface area contributed by atoms with Crippen molar-refractivity contribution in [2.45, 2.75) is 25.2 Å². The largest absolute Gasteiger partial charge is 0.333 e. The van der Waals surface area contributed by atoms with Crippen LogP contribution >= 0.6 is 0 Å². The molecule has 0 amide bonds. The molecule has 1 aromatic rings. The van der Waals surface area contributed by atoms with Crippen LogP contribution in [0.15, 0.2) is 30.3 Å². The molecule has 0 bridgehead atoms. The third-order valence-electron chi connectivity index (χ3n) is 3.19. The number of Topliss-reactive ketones (excluding diaryl/α,β-unsaturated/α-hetero) is 1. The molecule has 2 atom stereocenters. The van der Waals surface area contributed by atoms with Crippen molar-refractivity contribution in [2.75, 3.05) is 0 Å².